The number of aromatic amines is 1. The Labute approximate surface area is 186 Å². The molecule has 8 nitrogen and oxygen atoms in total. The molecule has 2 N–H and O–H groups in total. The number of benzene rings is 2. The van der Waals surface area contributed by atoms with E-state index in [1.807, 2.05) is 60.7 Å². The van der Waals surface area contributed by atoms with Crippen LogP contribution in [0.2, 0.25) is 0 Å². The number of ether oxygens (including phenoxy) is 3. The lowest BCUT2D eigenvalue weighted by Crippen LogP contribution is -2.44. The van der Waals surface area contributed by atoms with Crippen molar-refractivity contribution in [2.75, 3.05) is 20.3 Å². The van der Waals surface area contributed by atoms with Crippen LogP contribution in [-0.2, 0) is 40.6 Å². The average Bonchev–Trinajstić information content (AvgIpc) is 2.77. The molecule has 0 aliphatic carbocycles. The molecule has 1 aromatic heterocycles. The van der Waals surface area contributed by atoms with Gasteiger partial charge in [0.15, 0.2) is 0 Å². The first-order chi connectivity index (χ1) is 15.5. The van der Waals surface area contributed by atoms with Gasteiger partial charge in [-0.25, -0.2) is 4.79 Å². The van der Waals surface area contributed by atoms with Gasteiger partial charge >= 0.3 is 5.69 Å². The lowest BCUT2D eigenvalue weighted by molar-refractivity contribution is -0.103. The maximum Gasteiger partial charge on any atom is 0.330 e. The fourth-order valence-corrected chi connectivity index (χ4v) is 3.33. The Morgan fingerprint density at radius 2 is 1.44 bits per heavy atom. The smallest absolute Gasteiger partial charge is 0.330 e. The number of H-pyrrole nitrogens is 1. The number of rotatable bonds is 12. The van der Waals surface area contributed by atoms with Crippen molar-refractivity contribution in [1.29, 1.82) is 0 Å². The normalized spacial score (nSPS) is 11.6. The van der Waals surface area contributed by atoms with E-state index in [0.717, 1.165) is 11.1 Å². The van der Waals surface area contributed by atoms with E-state index < -0.39 is 16.9 Å². The molecule has 2 aromatic carbocycles. The minimum absolute atomic E-state index is 0.0287. The van der Waals surface area contributed by atoms with Crippen LogP contribution in [-0.4, -0.2) is 40.6 Å². The summed E-state index contributed by atoms with van der Waals surface area (Å²) < 4.78 is 17.9. The Balaban J connectivity index is 1.76. The van der Waals surface area contributed by atoms with Gasteiger partial charge in [0.1, 0.15) is 12.3 Å². The van der Waals surface area contributed by atoms with E-state index in [0.29, 0.717) is 18.9 Å². The van der Waals surface area contributed by atoms with Crippen LogP contribution in [0.25, 0.3) is 0 Å². The van der Waals surface area contributed by atoms with Crippen molar-refractivity contribution < 1.29 is 19.3 Å². The van der Waals surface area contributed by atoms with E-state index in [2.05, 4.69) is 4.98 Å². The summed E-state index contributed by atoms with van der Waals surface area (Å²) in [5, 5.41) is 11.4. The highest BCUT2D eigenvalue weighted by molar-refractivity contribution is 5.14. The monoisotopic (exact) mass is 440 g/mol. The van der Waals surface area contributed by atoms with Gasteiger partial charge in [0.2, 0.25) is 0 Å². The summed E-state index contributed by atoms with van der Waals surface area (Å²) in [6.07, 6.45) is -0.0287. The molecule has 0 saturated heterocycles. The van der Waals surface area contributed by atoms with E-state index >= 15 is 0 Å². The summed E-state index contributed by atoms with van der Waals surface area (Å²) in [4.78, 5) is 26.3. The Morgan fingerprint density at radius 3 is 1.94 bits per heavy atom. The molecule has 0 radical (unpaired) electrons. The van der Waals surface area contributed by atoms with Crippen LogP contribution in [0, 0.1) is 0 Å². The first-order valence-corrected chi connectivity index (χ1v) is 10.3. The zero-order chi connectivity index (χ0) is 22.8. The number of nitrogens with one attached hydrogen (secondary N) is 1. The van der Waals surface area contributed by atoms with Gasteiger partial charge in [0.25, 0.3) is 5.56 Å². The predicted octanol–water partition coefficient (Wildman–Crippen LogP) is 1.85. The van der Waals surface area contributed by atoms with E-state index in [1.165, 1.54) is 17.7 Å². The highest BCUT2D eigenvalue weighted by Crippen LogP contribution is 2.16. The zero-order valence-electron chi connectivity index (χ0n) is 18.0. The predicted molar refractivity (Wildman–Crippen MR) is 119 cm³/mol. The minimum Gasteiger partial charge on any atom is -0.385 e. The van der Waals surface area contributed by atoms with Crippen LogP contribution in [0.1, 0.15) is 16.8 Å². The Hall–Kier alpha value is -3.04. The molecule has 0 bridgehead atoms. The number of aromatic nitrogens is 2. The molecule has 170 valence electrons. The number of hydrogen-bond acceptors (Lipinski definition) is 6. The Morgan fingerprint density at radius 1 is 0.906 bits per heavy atom. The average molecular weight is 440 g/mol. The van der Waals surface area contributed by atoms with Gasteiger partial charge in [-0.05, 0) is 11.1 Å². The lowest BCUT2D eigenvalue weighted by atomic mass is 9.99. The van der Waals surface area contributed by atoms with E-state index in [4.69, 9.17) is 14.2 Å². The molecule has 0 fully saturated rings. The molecule has 0 aliphatic heterocycles. The molecule has 32 heavy (non-hydrogen) atoms. The summed E-state index contributed by atoms with van der Waals surface area (Å²) in [5.74, 6) is 0. The first kappa shape index (κ1) is 23.6. The summed E-state index contributed by atoms with van der Waals surface area (Å²) in [5.41, 5.74) is -0.365. The third-order valence-electron chi connectivity index (χ3n) is 4.85. The van der Waals surface area contributed by atoms with Crippen molar-refractivity contribution in [2.24, 2.45) is 0 Å². The second-order valence-electron chi connectivity index (χ2n) is 7.63. The number of hydrogen-bond donors (Lipinski definition) is 2. The molecule has 1 heterocycles. The third-order valence-corrected chi connectivity index (χ3v) is 4.85. The fourth-order valence-electron chi connectivity index (χ4n) is 3.33. The van der Waals surface area contributed by atoms with Crippen LogP contribution < -0.4 is 11.2 Å². The second-order valence-corrected chi connectivity index (χ2v) is 7.63. The summed E-state index contributed by atoms with van der Waals surface area (Å²) >= 11 is 0. The van der Waals surface area contributed by atoms with Gasteiger partial charge in [0.05, 0.1) is 26.4 Å². The molecule has 0 unspecified atom stereocenters. The third kappa shape index (κ3) is 7.00. The molecular formula is C24H28N2O6. The van der Waals surface area contributed by atoms with Gasteiger partial charge in [-0.1, -0.05) is 60.7 Å². The van der Waals surface area contributed by atoms with Gasteiger partial charge in [0, 0.05) is 25.3 Å². The van der Waals surface area contributed by atoms with Crippen molar-refractivity contribution in [3.63, 3.8) is 0 Å². The maximum absolute atomic E-state index is 12.2. The molecule has 0 aliphatic rings. The van der Waals surface area contributed by atoms with E-state index in [1.54, 1.807) is 0 Å². The standard InChI is InChI=1S/C24H28N2O6/c1-30-18-26-21(12-22(27)25-23(26)28)13-24(29,16-31-14-19-8-4-2-5-9-19)17-32-15-20-10-6-3-7-11-20/h2-12,29H,13-18H2,1H3,(H,25,27,28). The highest BCUT2D eigenvalue weighted by Gasteiger charge is 2.30. The maximum atomic E-state index is 12.2. The Kier molecular flexibility index (Phi) is 8.52. The van der Waals surface area contributed by atoms with Crippen LogP contribution in [0.5, 0.6) is 0 Å². The molecule has 3 rings (SSSR count). The highest BCUT2D eigenvalue weighted by atomic mass is 16.5. The number of nitrogens with zero attached hydrogens (tertiary/aromatic N) is 1. The largest absolute Gasteiger partial charge is 0.385 e. The van der Waals surface area contributed by atoms with Crippen LogP contribution in [0.4, 0.5) is 0 Å². The van der Waals surface area contributed by atoms with Gasteiger partial charge < -0.3 is 19.3 Å². The number of aliphatic hydroxyl groups is 1. The van der Waals surface area contributed by atoms with Crippen molar-refractivity contribution in [2.45, 2.75) is 32.0 Å². The van der Waals surface area contributed by atoms with Crippen LogP contribution >= 0.6 is 0 Å². The molecule has 0 amide bonds. The van der Waals surface area contributed by atoms with Crippen molar-refractivity contribution in [1.82, 2.24) is 9.55 Å². The minimum atomic E-state index is -1.47. The van der Waals surface area contributed by atoms with Crippen LogP contribution in [0.15, 0.2) is 76.3 Å². The molecule has 0 saturated carbocycles. The molecular weight excluding hydrogens is 412 g/mol. The zero-order valence-corrected chi connectivity index (χ0v) is 18.0. The van der Waals surface area contributed by atoms with Crippen molar-refractivity contribution in [3.05, 3.63) is 104 Å². The molecule has 0 atom stereocenters. The van der Waals surface area contributed by atoms with Crippen molar-refractivity contribution >= 4 is 0 Å². The van der Waals surface area contributed by atoms with Gasteiger partial charge in [-0.2, -0.15) is 0 Å². The SMILES string of the molecule is COCn1c(CC(O)(COCc2ccccc2)COCc2ccccc2)cc(=O)[nH]c1=O. The van der Waals surface area contributed by atoms with Gasteiger partial charge in [-0.15, -0.1) is 0 Å². The summed E-state index contributed by atoms with van der Waals surface area (Å²) in [6.45, 7) is 0.455. The van der Waals surface area contributed by atoms with E-state index in [-0.39, 0.29) is 26.4 Å². The second kappa shape index (κ2) is 11.5. The summed E-state index contributed by atoms with van der Waals surface area (Å²) in [6, 6.07) is 20.5. The summed E-state index contributed by atoms with van der Waals surface area (Å²) in [7, 11) is 1.44. The Bertz CT molecular complexity index is 1030. The lowest BCUT2D eigenvalue weighted by Gasteiger charge is -2.29. The number of methoxy groups -OCH3 is 1. The van der Waals surface area contributed by atoms with Gasteiger partial charge in [-0.3, -0.25) is 14.3 Å². The first-order valence-electron chi connectivity index (χ1n) is 10.3. The van der Waals surface area contributed by atoms with Crippen LogP contribution in [0.3, 0.4) is 0 Å². The van der Waals surface area contributed by atoms with Crippen molar-refractivity contribution in [3.8, 4) is 0 Å². The molecule has 8 heteroatoms. The molecule has 3 aromatic rings. The topological polar surface area (TPSA) is 103 Å². The van der Waals surface area contributed by atoms with E-state index in [9.17, 15) is 14.7 Å². The molecule has 0 spiro atoms. The fraction of sp³-hybridized carbons (Fsp3) is 0.333. The quantitative estimate of drug-likeness (QED) is 0.446.